The molecular weight excluding hydrogens is 337 g/mol. The molecule has 0 aromatic heterocycles. The molecular formula is C15H20INO. The van der Waals surface area contributed by atoms with Crippen molar-refractivity contribution >= 4 is 28.5 Å². The van der Waals surface area contributed by atoms with Gasteiger partial charge in [0.25, 0.3) is 5.91 Å². The number of hydrogen-bond donors (Lipinski definition) is 1. The van der Waals surface area contributed by atoms with Gasteiger partial charge in [0.05, 0.1) is 5.56 Å². The molecule has 0 saturated heterocycles. The Hall–Kier alpha value is -0.580. The van der Waals surface area contributed by atoms with Crippen molar-refractivity contribution in [3.8, 4) is 0 Å². The first-order valence-electron chi connectivity index (χ1n) is 6.63. The minimum absolute atomic E-state index is 0.0754. The van der Waals surface area contributed by atoms with Crippen molar-refractivity contribution in [2.75, 3.05) is 0 Å². The summed E-state index contributed by atoms with van der Waals surface area (Å²) in [7, 11) is 0. The van der Waals surface area contributed by atoms with Crippen molar-refractivity contribution in [1.29, 1.82) is 0 Å². The van der Waals surface area contributed by atoms with E-state index < -0.39 is 0 Å². The fourth-order valence-electron chi connectivity index (χ4n) is 2.77. The number of hydrogen-bond acceptors (Lipinski definition) is 1. The molecule has 1 aliphatic rings. The summed E-state index contributed by atoms with van der Waals surface area (Å²) in [6, 6.07) is 8.09. The largest absolute Gasteiger partial charge is 0.349 e. The van der Waals surface area contributed by atoms with Gasteiger partial charge in [0, 0.05) is 9.61 Å². The predicted molar refractivity (Wildman–Crippen MR) is 82.6 cm³/mol. The van der Waals surface area contributed by atoms with Crippen LogP contribution in [0.5, 0.6) is 0 Å². The van der Waals surface area contributed by atoms with Crippen molar-refractivity contribution < 1.29 is 4.79 Å². The fourth-order valence-corrected chi connectivity index (χ4v) is 3.40. The van der Waals surface area contributed by atoms with Gasteiger partial charge in [0.15, 0.2) is 0 Å². The number of rotatable bonds is 2. The van der Waals surface area contributed by atoms with Crippen LogP contribution in [0.3, 0.4) is 0 Å². The molecule has 0 bridgehead atoms. The lowest BCUT2D eigenvalue weighted by atomic mass is 9.80. The van der Waals surface area contributed by atoms with Gasteiger partial charge in [0.1, 0.15) is 0 Å². The van der Waals surface area contributed by atoms with Crippen LogP contribution in [0.1, 0.15) is 43.5 Å². The Balaban J connectivity index is 2.02. The number of carbonyl (C=O) groups excluding carboxylic acids is 1. The van der Waals surface area contributed by atoms with Gasteiger partial charge in [-0.2, -0.15) is 0 Å². The number of halogens is 1. The van der Waals surface area contributed by atoms with E-state index in [0.29, 0.717) is 12.0 Å². The molecule has 1 amide bonds. The zero-order valence-electron chi connectivity index (χ0n) is 10.9. The first-order chi connectivity index (χ1) is 8.58. The van der Waals surface area contributed by atoms with Crippen LogP contribution in [0.2, 0.25) is 0 Å². The van der Waals surface area contributed by atoms with Crippen LogP contribution in [0, 0.1) is 15.4 Å². The quantitative estimate of drug-likeness (QED) is 0.801. The van der Waals surface area contributed by atoms with Crippen LogP contribution in [-0.2, 0) is 0 Å². The van der Waals surface area contributed by atoms with E-state index in [-0.39, 0.29) is 5.91 Å². The van der Waals surface area contributed by atoms with Gasteiger partial charge in [-0.25, -0.2) is 0 Å². The van der Waals surface area contributed by atoms with E-state index in [4.69, 9.17) is 0 Å². The maximum Gasteiger partial charge on any atom is 0.252 e. The molecule has 0 radical (unpaired) electrons. The zero-order chi connectivity index (χ0) is 13.1. The second kappa shape index (κ2) is 6.04. The summed E-state index contributed by atoms with van der Waals surface area (Å²) in [6.45, 7) is 4.55. The molecule has 1 N–H and O–H groups in total. The third-order valence-electron chi connectivity index (χ3n) is 3.87. The number of carbonyl (C=O) groups is 1. The summed E-state index contributed by atoms with van der Waals surface area (Å²) in [5.41, 5.74) is 0.795. The SMILES string of the molecule is CC1CCC(NC(=O)c2ccccc2I)C(C)C1. The highest BCUT2D eigenvalue weighted by Crippen LogP contribution is 2.28. The third-order valence-corrected chi connectivity index (χ3v) is 4.81. The second-order valence-electron chi connectivity index (χ2n) is 5.46. The molecule has 0 heterocycles. The van der Waals surface area contributed by atoms with Crippen LogP contribution in [0.4, 0.5) is 0 Å². The first-order valence-corrected chi connectivity index (χ1v) is 7.71. The zero-order valence-corrected chi connectivity index (χ0v) is 13.1. The average Bonchev–Trinajstić information content (AvgIpc) is 2.33. The van der Waals surface area contributed by atoms with Crippen molar-refractivity contribution in [2.24, 2.45) is 11.8 Å². The van der Waals surface area contributed by atoms with Gasteiger partial charge in [-0.1, -0.05) is 26.0 Å². The Morgan fingerprint density at radius 1 is 1.28 bits per heavy atom. The second-order valence-corrected chi connectivity index (χ2v) is 6.62. The van der Waals surface area contributed by atoms with E-state index in [0.717, 1.165) is 21.5 Å². The van der Waals surface area contributed by atoms with Crippen LogP contribution < -0.4 is 5.32 Å². The van der Waals surface area contributed by atoms with Gasteiger partial charge in [-0.05, 0) is 65.8 Å². The van der Waals surface area contributed by atoms with Crippen LogP contribution in [0.25, 0.3) is 0 Å². The summed E-state index contributed by atoms with van der Waals surface area (Å²) in [4.78, 5) is 12.2. The van der Waals surface area contributed by atoms with Crippen LogP contribution in [-0.4, -0.2) is 11.9 Å². The molecule has 1 aromatic carbocycles. The van der Waals surface area contributed by atoms with Gasteiger partial charge < -0.3 is 5.32 Å². The molecule has 1 aliphatic carbocycles. The highest BCUT2D eigenvalue weighted by Gasteiger charge is 2.27. The lowest BCUT2D eigenvalue weighted by Gasteiger charge is -2.33. The van der Waals surface area contributed by atoms with Gasteiger partial charge >= 0.3 is 0 Å². The summed E-state index contributed by atoms with van der Waals surface area (Å²) in [5.74, 6) is 1.45. The van der Waals surface area contributed by atoms with Crippen molar-refractivity contribution in [1.82, 2.24) is 5.32 Å². The molecule has 1 aromatic rings. The van der Waals surface area contributed by atoms with E-state index in [2.05, 4.69) is 41.8 Å². The summed E-state index contributed by atoms with van der Waals surface area (Å²) in [5, 5.41) is 3.20. The van der Waals surface area contributed by atoms with Crippen molar-refractivity contribution in [3.63, 3.8) is 0 Å². The monoisotopic (exact) mass is 357 g/mol. The summed E-state index contributed by atoms with van der Waals surface area (Å²) in [6.07, 6.45) is 3.55. The van der Waals surface area contributed by atoms with Crippen LogP contribution >= 0.6 is 22.6 Å². The number of benzene rings is 1. The third kappa shape index (κ3) is 3.25. The Morgan fingerprint density at radius 2 is 2.00 bits per heavy atom. The molecule has 0 spiro atoms. The smallest absolute Gasteiger partial charge is 0.252 e. The molecule has 3 atom stereocenters. The average molecular weight is 357 g/mol. The Kier molecular flexibility index (Phi) is 4.65. The van der Waals surface area contributed by atoms with Gasteiger partial charge in [-0.15, -0.1) is 0 Å². The highest BCUT2D eigenvalue weighted by atomic mass is 127. The van der Waals surface area contributed by atoms with Gasteiger partial charge in [0.2, 0.25) is 0 Å². The lowest BCUT2D eigenvalue weighted by Crippen LogP contribution is -2.42. The Labute approximate surface area is 123 Å². The van der Waals surface area contributed by atoms with Crippen LogP contribution in [0.15, 0.2) is 24.3 Å². The minimum atomic E-state index is 0.0754. The fraction of sp³-hybridized carbons (Fsp3) is 0.533. The molecule has 1 fully saturated rings. The minimum Gasteiger partial charge on any atom is -0.349 e. The van der Waals surface area contributed by atoms with Crippen molar-refractivity contribution in [2.45, 2.75) is 39.2 Å². The maximum atomic E-state index is 12.2. The first kappa shape index (κ1) is 13.8. The number of nitrogens with one attached hydrogen (secondary N) is 1. The maximum absolute atomic E-state index is 12.2. The molecule has 3 unspecified atom stereocenters. The van der Waals surface area contributed by atoms with Crippen molar-refractivity contribution in [3.05, 3.63) is 33.4 Å². The predicted octanol–water partition coefficient (Wildman–Crippen LogP) is 3.85. The molecule has 3 heteroatoms. The standard InChI is InChI=1S/C15H20INO/c1-10-7-8-14(11(2)9-10)17-15(18)12-5-3-4-6-13(12)16/h3-6,10-11,14H,7-9H2,1-2H3,(H,17,18). The molecule has 2 nitrogen and oxygen atoms in total. The van der Waals surface area contributed by atoms with E-state index in [1.165, 1.54) is 12.8 Å². The number of amides is 1. The lowest BCUT2D eigenvalue weighted by molar-refractivity contribution is 0.0898. The van der Waals surface area contributed by atoms with E-state index in [1.54, 1.807) is 0 Å². The molecule has 2 rings (SSSR count). The Morgan fingerprint density at radius 3 is 2.67 bits per heavy atom. The van der Waals surface area contributed by atoms with E-state index in [1.807, 2.05) is 24.3 Å². The molecule has 0 aliphatic heterocycles. The highest BCUT2D eigenvalue weighted by molar-refractivity contribution is 14.1. The summed E-state index contributed by atoms with van der Waals surface area (Å²) < 4.78 is 1.02. The topological polar surface area (TPSA) is 29.1 Å². The molecule has 98 valence electrons. The molecule has 1 saturated carbocycles. The molecule has 18 heavy (non-hydrogen) atoms. The van der Waals surface area contributed by atoms with Gasteiger partial charge in [-0.3, -0.25) is 4.79 Å². The summed E-state index contributed by atoms with van der Waals surface area (Å²) >= 11 is 2.22. The van der Waals surface area contributed by atoms with E-state index >= 15 is 0 Å². The van der Waals surface area contributed by atoms with E-state index in [9.17, 15) is 4.79 Å². The normalized spacial score (nSPS) is 27.8. The Bertz CT molecular complexity index is 432.